The number of fused-ring (bicyclic) bond motifs is 10. The Balaban J connectivity index is 1.05. The van der Waals surface area contributed by atoms with E-state index in [1.807, 2.05) is 12.1 Å². The number of para-hydroxylation sites is 1. The fraction of sp³-hybridized carbons (Fsp3) is 0.0323. The summed E-state index contributed by atoms with van der Waals surface area (Å²) >= 11 is 0. The number of anilines is 3. The van der Waals surface area contributed by atoms with Crippen LogP contribution in [0, 0.1) is 0 Å². The molecule has 1 heterocycles. The van der Waals surface area contributed by atoms with E-state index in [1.54, 1.807) is 0 Å². The van der Waals surface area contributed by atoms with E-state index in [4.69, 9.17) is 4.42 Å². The van der Waals surface area contributed by atoms with Crippen molar-refractivity contribution >= 4 is 39.0 Å². The molecule has 4 bridgehead atoms. The van der Waals surface area contributed by atoms with E-state index in [9.17, 15) is 0 Å². The Hall–Kier alpha value is -8.20. The largest absolute Gasteiger partial charge is 0.456 e. The van der Waals surface area contributed by atoms with E-state index in [-0.39, 0.29) is 5.92 Å². The van der Waals surface area contributed by atoms with Gasteiger partial charge in [0.05, 0.1) is 5.69 Å². The molecule has 0 fully saturated rings. The van der Waals surface area contributed by atoms with E-state index in [0.717, 1.165) is 56.5 Å². The number of nitrogens with zero attached hydrogens (tertiary/aromatic N) is 1. The molecular formula is C62H41NO. The minimum atomic E-state index is 0.227. The molecule has 0 N–H and O–H groups in total. The van der Waals surface area contributed by atoms with Gasteiger partial charge in [-0.15, -0.1) is 0 Å². The second-order valence-electron chi connectivity index (χ2n) is 17.1. The second-order valence-corrected chi connectivity index (χ2v) is 17.1. The van der Waals surface area contributed by atoms with Gasteiger partial charge in [-0.2, -0.15) is 0 Å². The molecule has 1 aromatic heterocycles. The van der Waals surface area contributed by atoms with Crippen LogP contribution in [0.1, 0.15) is 22.6 Å². The summed E-state index contributed by atoms with van der Waals surface area (Å²) in [6.45, 7) is 0. The van der Waals surface area contributed by atoms with Gasteiger partial charge in [0, 0.05) is 33.6 Å². The van der Waals surface area contributed by atoms with Gasteiger partial charge in [0.2, 0.25) is 0 Å². The molecule has 2 heteroatoms. The van der Waals surface area contributed by atoms with Crippen LogP contribution in [-0.4, -0.2) is 0 Å². The van der Waals surface area contributed by atoms with Crippen molar-refractivity contribution < 1.29 is 4.42 Å². The maximum atomic E-state index is 6.20. The Morgan fingerprint density at radius 3 is 1.58 bits per heavy atom. The lowest BCUT2D eigenvalue weighted by Gasteiger charge is -2.34. The molecular weight excluding hydrogens is 775 g/mol. The minimum absolute atomic E-state index is 0.227. The average molecular weight is 816 g/mol. The van der Waals surface area contributed by atoms with Crippen molar-refractivity contribution in [1.82, 2.24) is 0 Å². The fourth-order valence-electron chi connectivity index (χ4n) is 10.7. The molecule has 2 aliphatic carbocycles. The van der Waals surface area contributed by atoms with Gasteiger partial charge in [0.15, 0.2) is 0 Å². The normalized spacial score (nSPS) is 13.4. The topological polar surface area (TPSA) is 16.4 Å². The Morgan fingerprint density at radius 2 is 0.844 bits per heavy atom. The van der Waals surface area contributed by atoms with Gasteiger partial charge < -0.3 is 9.32 Å². The molecule has 64 heavy (non-hydrogen) atoms. The van der Waals surface area contributed by atoms with Crippen LogP contribution in [0.4, 0.5) is 17.1 Å². The van der Waals surface area contributed by atoms with Gasteiger partial charge in [-0.25, -0.2) is 0 Å². The van der Waals surface area contributed by atoms with E-state index < -0.39 is 0 Å². The lowest BCUT2D eigenvalue weighted by atomic mass is 9.70. The van der Waals surface area contributed by atoms with Crippen molar-refractivity contribution in [2.45, 2.75) is 12.3 Å². The number of hydrogen-bond acceptors (Lipinski definition) is 2. The van der Waals surface area contributed by atoms with Crippen molar-refractivity contribution in [3.63, 3.8) is 0 Å². The Labute approximate surface area is 373 Å². The van der Waals surface area contributed by atoms with Crippen molar-refractivity contribution in [3.05, 3.63) is 247 Å². The van der Waals surface area contributed by atoms with Crippen molar-refractivity contribution in [3.8, 4) is 66.8 Å². The number of benzene rings is 10. The summed E-state index contributed by atoms with van der Waals surface area (Å²) in [7, 11) is 0. The van der Waals surface area contributed by atoms with E-state index >= 15 is 0 Å². The van der Waals surface area contributed by atoms with E-state index in [2.05, 4.69) is 223 Å². The third kappa shape index (κ3) is 5.80. The molecule has 1 atom stereocenters. The molecule has 0 saturated carbocycles. The van der Waals surface area contributed by atoms with Crippen LogP contribution in [0.2, 0.25) is 0 Å². The molecule has 0 radical (unpaired) electrons. The number of hydrogen-bond donors (Lipinski definition) is 0. The van der Waals surface area contributed by atoms with Crippen LogP contribution in [0.5, 0.6) is 0 Å². The Morgan fingerprint density at radius 1 is 0.344 bits per heavy atom. The molecule has 0 saturated heterocycles. The highest BCUT2D eigenvalue weighted by atomic mass is 16.3. The predicted molar refractivity (Wildman–Crippen MR) is 267 cm³/mol. The summed E-state index contributed by atoms with van der Waals surface area (Å²) in [5.74, 6) is 0.227. The zero-order chi connectivity index (χ0) is 42.1. The lowest BCUT2D eigenvalue weighted by molar-refractivity contribution is 0.669. The first-order valence-corrected chi connectivity index (χ1v) is 22.3. The predicted octanol–water partition coefficient (Wildman–Crippen LogP) is 17.1. The molecule has 2 aliphatic rings. The molecule has 0 aliphatic heterocycles. The highest BCUT2D eigenvalue weighted by molar-refractivity contribution is 6.07. The first-order chi connectivity index (χ1) is 31.7. The third-order valence-electron chi connectivity index (χ3n) is 13.7. The first-order valence-electron chi connectivity index (χ1n) is 22.3. The van der Waals surface area contributed by atoms with Crippen molar-refractivity contribution in [2.75, 3.05) is 4.90 Å². The zero-order valence-corrected chi connectivity index (χ0v) is 35.1. The highest BCUT2D eigenvalue weighted by Gasteiger charge is 2.33. The minimum Gasteiger partial charge on any atom is -0.456 e. The summed E-state index contributed by atoms with van der Waals surface area (Å²) in [5, 5.41) is 2.26. The van der Waals surface area contributed by atoms with Gasteiger partial charge in [0.1, 0.15) is 11.2 Å². The molecule has 300 valence electrons. The second kappa shape index (κ2) is 14.7. The summed E-state index contributed by atoms with van der Waals surface area (Å²) in [5.41, 5.74) is 24.1. The standard InChI is InChI=1S/C62H41NO/c1-2-14-40(15-3-1)41-28-33-44(34-29-41)63(45-35-30-42(31-36-45)43-32-37-61-58(38-43)53-21-10-11-27-60(53)64-61)59-26-13-25-55-52-24-12-23-51-47-17-5-7-20-50(47)56(39-57(51)52)49-19-6-4-16-46(49)48-18-8-9-22-54(48)62(55)59/h1-38,56H,39H2. The Bertz CT molecular complexity index is 3580. The number of furan rings is 1. The van der Waals surface area contributed by atoms with Gasteiger partial charge >= 0.3 is 0 Å². The van der Waals surface area contributed by atoms with Gasteiger partial charge in [0.25, 0.3) is 0 Å². The van der Waals surface area contributed by atoms with Crippen LogP contribution >= 0.6 is 0 Å². The average Bonchev–Trinajstić information content (AvgIpc) is 3.75. The van der Waals surface area contributed by atoms with E-state index in [1.165, 1.54) is 72.3 Å². The first kappa shape index (κ1) is 36.5. The SMILES string of the molecule is c1ccc(-c2ccc(N(c3ccc(-c4ccc5oc6ccccc6c5c4)cc3)c3cccc4c3-c3ccccc3-c3ccccc3C3Cc5c(cccc5-4)-c4ccccc43)cc2)cc1. The van der Waals surface area contributed by atoms with Crippen LogP contribution in [0.25, 0.3) is 88.7 Å². The number of rotatable bonds is 5. The smallest absolute Gasteiger partial charge is 0.135 e. The van der Waals surface area contributed by atoms with Gasteiger partial charge in [-0.1, -0.05) is 182 Å². The summed E-state index contributed by atoms with van der Waals surface area (Å²) in [6, 6.07) is 84.8. The third-order valence-corrected chi connectivity index (χ3v) is 13.7. The van der Waals surface area contributed by atoms with Gasteiger partial charge in [-0.05, 0) is 133 Å². The van der Waals surface area contributed by atoms with Crippen LogP contribution < -0.4 is 4.90 Å². The quantitative estimate of drug-likeness (QED) is 0.172. The van der Waals surface area contributed by atoms with Gasteiger partial charge in [-0.3, -0.25) is 0 Å². The maximum Gasteiger partial charge on any atom is 0.135 e. The molecule has 2 nitrogen and oxygen atoms in total. The molecule has 1 unspecified atom stereocenters. The molecule has 0 amide bonds. The molecule has 0 spiro atoms. The van der Waals surface area contributed by atoms with E-state index in [0.29, 0.717) is 0 Å². The molecule has 13 rings (SSSR count). The molecule has 10 aromatic carbocycles. The lowest BCUT2D eigenvalue weighted by Crippen LogP contribution is -2.16. The maximum absolute atomic E-state index is 6.20. The van der Waals surface area contributed by atoms with Crippen molar-refractivity contribution in [2.24, 2.45) is 0 Å². The van der Waals surface area contributed by atoms with Crippen LogP contribution in [0.15, 0.2) is 235 Å². The van der Waals surface area contributed by atoms with Crippen LogP contribution in [-0.2, 0) is 6.42 Å². The zero-order valence-electron chi connectivity index (χ0n) is 35.1. The monoisotopic (exact) mass is 815 g/mol. The highest BCUT2D eigenvalue weighted by Crippen LogP contribution is 2.54. The summed E-state index contributed by atoms with van der Waals surface area (Å²) in [6.07, 6.45) is 0.928. The Kier molecular flexibility index (Phi) is 8.39. The van der Waals surface area contributed by atoms with Crippen molar-refractivity contribution in [1.29, 1.82) is 0 Å². The fourth-order valence-corrected chi connectivity index (χ4v) is 10.7. The summed E-state index contributed by atoms with van der Waals surface area (Å²) in [4.78, 5) is 2.46. The summed E-state index contributed by atoms with van der Waals surface area (Å²) < 4.78 is 6.20. The van der Waals surface area contributed by atoms with Crippen LogP contribution in [0.3, 0.4) is 0 Å². The molecule has 11 aromatic rings.